The Balaban J connectivity index is 1.97. The van der Waals surface area contributed by atoms with E-state index in [-0.39, 0.29) is 12.2 Å². The molecule has 0 amide bonds. The lowest BCUT2D eigenvalue weighted by Gasteiger charge is -2.10. The summed E-state index contributed by atoms with van der Waals surface area (Å²) in [6.07, 6.45) is 1.28. The fraction of sp³-hybridized carbons (Fsp3) is 0.111. The van der Waals surface area contributed by atoms with Crippen LogP contribution in [0.4, 0.5) is 0 Å². The van der Waals surface area contributed by atoms with Crippen molar-refractivity contribution in [1.29, 1.82) is 5.26 Å². The van der Waals surface area contributed by atoms with E-state index in [1.165, 1.54) is 6.08 Å². The van der Waals surface area contributed by atoms with Gasteiger partial charge in [-0.2, -0.15) is 5.26 Å². The van der Waals surface area contributed by atoms with Gasteiger partial charge in [0.25, 0.3) is 0 Å². The normalized spacial score (nSPS) is 10.8. The number of ether oxygens (including phenoxy) is 2. The number of carboxylic acid groups (broad SMARTS) is 1. The summed E-state index contributed by atoms with van der Waals surface area (Å²) in [5, 5.41) is 18.4. The molecule has 0 aliphatic carbocycles. The number of aliphatic carboxylic acids is 1. The summed E-state index contributed by atoms with van der Waals surface area (Å²) in [4.78, 5) is 10.9. The van der Waals surface area contributed by atoms with Crippen LogP contribution in [0.25, 0.3) is 6.08 Å². The Morgan fingerprint density at radius 2 is 1.79 bits per heavy atom. The predicted octanol–water partition coefficient (Wildman–Crippen LogP) is 3.79. The van der Waals surface area contributed by atoms with Crippen LogP contribution in [0, 0.1) is 11.3 Å². The first kappa shape index (κ1) is 17.4. The molecule has 6 heteroatoms. The average molecular weight is 344 g/mol. The van der Waals surface area contributed by atoms with Crippen LogP contribution in [0.15, 0.2) is 54.1 Å². The molecule has 2 rings (SSSR count). The molecular formula is C18H14ClNO4. The molecule has 0 spiro atoms. The smallest absolute Gasteiger partial charge is 0.346 e. The van der Waals surface area contributed by atoms with Gasteiger partial charge in [-0.1, -0.05) is 29.8 Å². The van der Waals surface area contributed by atoms with Gasteiger partial charge >= 0.3 is 5.97 Å². The number of benzene rings is 2. The van der Waals surface area contributed by atoms with Gasteiger partial charge in [0.2, 0.25) is 0 Å². The molecule has 0 saturated carbocycles. The number of rotatable bonds is 7. The molecule has 24 heavy (non-hydrogen) atoms. The Bertz CT molecular complexity index is 778. The Morgan fingerprint density at radius 3 is 2.46 bits per heavy atom. The van der Waals surface area contributed by atoms with Crippen molar-refractivity contribution in [3.8, 4) is 17.6 Å². The van der Waals surface area contributed by atoms with E-state index in [9.17, 15) is 4.79 Å². The maximum atomic E-state index is 10.9. The van der Waals surface area contributed by atoms with Gasteiger partial charge in [-0.05, 0) is 36.4 Å². The van der Waals surface area contributed by atoms with Crippen LogP contribution in [0.5, 0.6) is 11.5 Å². The maximum absolute atomic E-state index is 10.9. The van der Waals surface area contributed by atoms with Crippen LogP contribution >= 0.6 is 11.6 Å². The second-order valence-electron chi connectivity index (χ2n) is 4.66. The molecule has 0 saturated heterocycles. The van der Waals surface area contributed by atoms with E-state index in [1.54, 1.807) is 54.6 Å². The first-order valence-electron chi connectivity index (χ1n) is 7.05. The Labute approximate surface area is 144 Å². The van der Waals surface area contributed by atoms with Crippen molar-refractivity contribution >= 4 is 23.6 Å². The van der Waals surface area contributed by atoms with Gasteiger partial charge in [0, 0.05) is 10.6 Å². The van der Waals surface area contributed by atoms with Crippen molar-refractivity contribution in [1.82, 2.24) is 0 Å². The van der Waals surface area contributed by atoms with E-state index >= 15 is 0 Å². The van der Waals surface area contributed by atoms with Crippen LogP contribution in [-0.4, -0.2) is 24.3 Å². The zero-order valence-electron chi connectivity index (χ0n) is 12.6. The van der Waals surface area contributed by atoms with Gasteiger partial charge in [-0.15, -0.1) is 0 Å². The SMILES string of the molecule is N#CC(=Cc1ccccc1OCCOc1ccc(Cl)cc1)C(=O)O. The summed E-state index contributed by atoms with van der Waals surface area (Å²) in [7, 11) is 0. The second kappa shape index (κ2) is 8.61. The van der Waals surface area contributed by atoms with Crippen LogP contribution in [-0.2, 0) is 4.79 Å². The number of nitrogens with zero attached hydrogens (tertiary/aromatic N) is 1. The summed E-state index contributed by atoms with van der Waals surface area (Å²) in [6.45, 7) is 0.576. The van der Waals surface area contributed by atoms with E-state index in [0.29, 0.717) is 28.7 Å². The van der Waals surface area contributed by atoms with Crippen LogP contribution in [0.2, 0.25) is 5.02 Å². The summed E-state index contributed by atoms with van der Waals surface area (Å²) < 4.78 is 11.1. The highest BCUT2D eigenvalue weighted by Crippen LogP contribution is 2.21. The third-order valence-corrected chi connectivity index (χ3v) is 3.24. The summed E-state index contributed by atoms with van der Waals surface area (Å²) in [6, 6.07) is 15.5. The summed E-state index contributed by atoms with van der Waals surface area (Å²) in [5.74, 6) is -0.126. The van der Waals surface area contributed by atoms with E-state index < -0.39 is 5.97 Å². The van der Waals surface area contributed by atoms with Crippen molar-refractivity contribution in [2.24, 2.45) is 0 Å². The number of nitriles is 1. The monoisotopic (exact) mass is 343 g/mol. The van der Waals surface area contributed by atoms with Crippen molar-refractivity contribution in [3.63, 3.8) is 0 Å². The zero-order valence-corrected chi connectivity index (χ0v) is 13.4. The molecule has 0 aliphatic heterocycles. The second-order valence-corrected chi connectivity index (χ2v) is 5.10. The third-order valence-electron chi connectivity index (χ3n) is 2.99. The minimum absolute atomic E-state index is 0.266. The van der Waals surface area contributed by atoms with Crippen LogP contribution < -0.4 is 9.47 Å². The third kappa shape index (κ3) is 5.04. The van der Waals surface area contributed by atoms with Crippen molar-refractivity contribution < 1.29 is 19.4 Å². The molecule has 1 N–H and O–H groups in total. The molecule has 2 aromatic carbocycles. The van der Waals surface area contributed by atoms with E-state index in [0.717, 1.165) is 0 Å². The largest absolute Gasteiger partial charge is 0.490 e. The number of hydrogen-bond donors (Lipinski definition) is 1. The van der Waals surface area contributed by atoms with Gasteiger partial charge in [-0.3, -0.25) is 0 Å². The van der Waals surface area contributed by atoms with Gasteiger partial charge < -0.3 is 14.6 Å². The molecule has 0 fully saturated rings. The molecular weight excluding hydrogens is 330 g/mol. The highest BCUT2D eigenvalue weighted by Gasteiger charge is 2.08. The minimum atomic E-state index is -1.28. The molecule has 5 nitrogen and oxygen atoms in total. The molecule has 0 aliphatic rings. The highest BCUT2D eigenvalue weighted by atomic mass is 35.5. The van der Waals surface area contributed by atoms with Gasteiger partial charge in [0.1, 0.15) is 36.4 Å². The maximum Gasteiger partial charge on any atom is 0.346 e. The number of carbonyl (C=O) groups is 1. The topological polar surface area (TPSA) is 79.5 Å². The van der Waals surface area contributed by atoms with E-state index in [4.69, 9.17) is 31.4 Å². The number of hydrogen-bond acceptors (Lipinski definition) is 4. The van der Waals surface area contributed by atoms with Crippen molar-refractivity contribution in [2.45, 2.75) is 0 Å². The van der Waals surface area contributed by atoms with Crippen molar-refractivity contribution in [2.75, 3.05) is 13.2 Å². The lowest BCUT2D eigenvalue weighted by Crippen LogP contribution is -2.09. The molecule has 122 valence electrons. The average Bonchev–Trinajstić information content (AvgIpc) is 2.59. The predicted molar refractivity (Wildman–Crippen MR) is 90.1 cm³/mol. The zero-order chi connectivity index (χ0) is 17.4. The molecule has 0 unspecified atom stereocenters. The highest BCUT2D eigenvalue weighted by molar-refractivity contribution is 6.30. The standard InChI is InChI=1S/C18H14ClNO4/c19-15-5-7-16(8-6-15)23-9-10-24-17-4-2-1-3-13(17)11-14(12-20)18(21)22/h1-8,11H,9-10H2,(H,21,22). The van der Waals surface area contributed by atoms with Gasteiger partial charge in [-0.25, -0.2) is 4.79 Å². The van der Waals surface area contributed by atoms with Crippen molar-refractivity contribution in [3.05, 3.63) is 64.7 Å². The quantitative estimate of drug-likeness (QED) is 0.470. The molecule has 0 aromatic heterocycles. The number of carboxylic acids is 1. The lowest BCUT2D eigenvalue weighted by molar-refractivity contribution is -0.132. The van der Waals surface area contributed by atoms with E-state index in [1.807, 2.05) is 0 Å². The summed E-state index contributed by atoms with van der Waals surface area (Å²) in [5.41, 5.74) is 0.159. The first-order valence-corrected chi connectivity index (χ1v) is 7.43. The van der Waals surface area contributed by atoms with Gasteiger partial charge in [0.15, 0.2) is 0 Å². The minimum Gasteiger partial charge on any atom is -0.490 e. The van der Waals surface area contributed by atoms with E-state index in [2.05, 4.69) is 0 Å². The molecule has 2 aromatic rings. The summed E-state index contributed by atoms with van der Waals surface area (Å²) >= 11 is 5.80. The molecule has 0 bridgehead atoms. The Kier molecular flexibility index (Phi) is 6.23. The molecule has 0 heterocycles. The Morgan fingerprint density at radius 1 is 1.12 bits per heavy atom. The fourth-order valence-electron chi connectivity index (χ4n) is 1.87. The number of para-hydroxylation sites is 1. The number of halogens is 1. The molecule has 0 radical (unpaired) electrons. The van der Waals surface area contributed by atoms with Gasteiger partial charge in [0.05, 0.1) is 0 Å². The molecule has 0 atom stereocenters. The van der Waals surface area contributed by atoms with Crippen LogP contribution in [0.1, 0.15) is 5.56 Å². The fourth-order valence-corrected chi connectivity index (χ4v) is 2.00. The van der Waals surface area contributed by atoms with Crippen LogP contribution in [0.3, 0.4) is 0 Å². The lowest BCUT2D eigenvalue weighted by atomic mass is 10.1. The Hall–Kier alpha value is -2.97. The first-order chi connectivity index (χ1) is 11.6.